The first-order chi connectivity index (χ1) is 15.0. The van der Waals surface area contributed by atoms with Gasteiger partial charge in [0.1, 0.15) is 17.6 Å². The van der Waals surface area contributed by atoms with E-state index in [1.807, 2.05) is 25.6 Å². The molecule has 2 aliphatic rings. The molecule has 0 saturated carbocycles. The van der Waals surface area contributed by atoms with Gasteiger partial charge in [0.15, 0.2) is 12.4 Å². The van der Waals surface area contributed by atoms with Crippen LogP contribution >= 0.6 is 23.4 Å². The number of aliphatic hydroxyl groups excluding tert-OH is 1. The van der Waals surface area contributed by atoms with Gasteiger partial charge in [-0.15, -0.1) is 0 Å². The number of allylic oxidation sites excluding steroid dienone is 2. The van der Waals surface area contributed by atoms with E-state index >= 15 is 0 Å². The number of halogens is 1. The van der Waals surface area contributed by atoms with Crippen LogP contribution in [0.1, 0.15) is 52.4 Å². The summed E-state index contributed by atoms with van der Waals surface area (Å²) in [5, 5.41) is 15.6. The van der Waals surface area contributed by atoms with Gasteiger partial charge in [-0.25, -0.2) is 0 Å². The molecule has 0 spiro atoms. The SMILES string of the molecule is CCC/C(=N/OC[C@H](C)Oc1ccc(Cl)cc1)C1=C(O)C[C@H]([C@H]2CCCSC2)CC1=O. The van der Waals surface area contributed by atoms with Crippen LogP contribution in [0.5, 0.6) is 5.75 Å². The average Bonchev–Trinajstić information content (AvgIpc) is 2.75. The number of hydrogen-bond donors (Lipinski definition) is 1. The fraction of sp³-hybridized carbons (Fsp3) is 0.583. The van der Waals surface area contributed by atoms with Gasteiger partial charge in [-0.2, -0.15) is 11.8 Å². The third-order valence-electron chi connectivity index (χ3n) is 5.74. The number of thioether (sulfide) groups is 1. The Hall–Kier alpha value is -1.66. The number of rotatable bonds is 9. The predicted octanol–water partition coefficient (Wildman–Crippen LogP) is 6.21. The molecule has 31 heavy (non-hydrogen) atoms. The summed E-state index contributed by atoms with van der Waals surface area (Å²) in [4.78, 5) is 18.5. The highest BCUT2D eigenvalue weighted by molar-refractivity contribution is 7.99. The van der Waals surface area contributed by atoms with Crippen LogP contribution in [0.15, 0.2) is 40.8 Å². The molecule has 0 radical (unpaired) electrons. The maximum atomic E-state index is 12.9. The lowest BCUT2D eigenvalue weighted by molar-refractivity contribution is -0.117. The number of carbonyl (C=O) groups is 1. The van der Waals surface area contributed by atoms with Gasteiger partial charge in [-0.05, 0) is 73.8 Å². The maximum Gasteiger partial charge on any atom is 0.168 e. The molecule has 0 unspecified atom stereocenters. The number of aliphatic hydroxyl groups is 1. The van der Waals surface area contributed by atoms with Crippen molar-refractivity contribution in [2.45, 2.75) is 58.5 Å². The molecule has 3 atom stereocenters. The number of ether oxygens (including phenoxy) is 1. The van der Waals surface area contributed by atoms with Crippen LogP contribution in [0.4, 0.5) is 0 Å². The third-order valence-corrected chi connectivity index (χ3v) is 7.24. The summed E-state index contributed by atoms with van der Waals surface area (Å²) in [7, 11) is 0. The summed E-state index contributed by atoms with van der Waals surface area (Å²) in [6.45, 7) is 4.15. The lowest BCUT2D eigenvalue weighted by Gasteiger charge is -2.32. The smallest absolute Gasteiger partial charge is 0.168 e. The minimum absolute atomic E-state index is 0.00872. The molecule has 1 fully saturated rings. The van der Waals surface area contributed by atoms with Crippen molar-refractivity contribution in [2.75, 3.05) is 18.1 Å². The Morgan fingerprint density at radius 3 is 2.71 bits per heavy atom. The van der Waals surface area contributed by atoms with Gasteiger partial charge >= 0.3 is 0 Å². The van der Waals surface area contributed by atoms with Crippen molar-refractivity contribution in [1.82, 2.24) is 0 Å². The Kier molecular flexibility index (Phi) is 9.15. The molecule has 170 valence electrons. The number of hydrogen-bond acceptors (Lipinski definition) is 6. The van der Waals surface area contributed by atoms with Crippen molar-refractivity contribution in [1.29, 1.82) is 0 Å². The number of nitrogens with zero attached hydrogens (tertiary/aromatic N) is 1. The van der Waals surface area contributed by atoms with Crippen LogP contribution in [0, 0.1) is 11.8 Å². The first-order valence-corrected chi connectivity index (χ1v) is 12.7. The van der Waals surface area contributed by atoms with Gasteiger partial charge in [0.25, 0.3) is 0 Å². The molecule has 0 amide bonds. The largest absolute Gasteiger partial charge is 0.511 e. The number of benzene rings is 1. The van der Waals surface area contributed by atoms with Gasteiger partial charge in [0.05, 0.1) is 11.3 Å². The van der Waals surface area contributed by atoms with Gasteiger partial charge in [-0.3, -0.25) is 4.79 Å². The van der Waals surface area contributed by atoms with E-state index in [-0.39, 0.29) is 30.2 Å². The number of Topliss-reactive ketones (excluding diaryl/α,β-unsaturated/α-hetero) is 1. The zero-order valence-corrected chi connectivity index (χ0v) is 19.9. The summed E-state index contributed by atoms with van der Waals surface area (Å²) >= 11 is 7.85. The molecule has 0 aromatic heterocycles. The summed E-state index contributed by atoms with van der Waals surface area (Å²) in [5.41, 5.74) is 0.910. The summed E-state index contributed by atoms with van der Waals surface area (Å²) < 4.78 is 5.80. The average molecular weight is 466 g/mol. The summed E-state index contributed by atoms with van der Waals surface area (Å²) in [6, 6.07) is 7.14. The normalized spacial score (nSPS) is 23.6. The molecule has 3 rings (SSSR count). The summed E-state index contributed by atoms with van der Waals surface area (Å²) in [5.74, 6) is 3.91. The van der Waals surface area contributed by atoms with E-state index in [1.165, 1.54) is 12.2 Å². The van der Waals surface area contributed by atoms with E-state index in [0.717, 1.165) is 18.6 Å². The molecule has 5 nitrogen and oxygen atoms in total. The van der Waals surface area contributed by atoms with Crippen LogP contribution < -0.4 is 4.74 Å². The molecular formula is C24H32ClNO4S. The van der Waals surface area contributed by atoms with Gasteiger partial charge in [0.2, 0.25) is 0 Å². The first-order valence-electron chi connectivity index (χ1n) is 11.1. The van der Waals surface area contributed by atoms with Crippen molar-refractivity contribution in [3.8, 4) is 5.75 Å². The quantitative estimate of drug-likeness (QED) is 0.346. The van der Waals surface area contributed by atoms with Crippen molar-refractivity contribution >= 4 is 34.9 Å². The van der Waals surface area contributed by atoms with Gasteiger partial charge in [0, 0.05) is 17.9 Å². The molecule has 7 heteroatoms. The standard InChI is InChI=1S/C24H32ClNO4S/c1-3-5-21(26-29-14-16(2)30-20-9-7-19(25)8-10-20)24-22(27)12-18(13-23(24)28)17-6-4-11-31-15-17/h7-10,16-18,27H,3-6,11-15H2,1-2H3/b26-21-/t16-,17-,18-/m0/s1. The molecule has 0 bridgehead atoms. The third kappa shape index (κ3) is 6.91. The maximum absolute atomic E-state index is 12.9. The highest BCUT2D eigenvalue weighted by atomic mass is 35.5. The van der Waals surface area contributed by atoms with Crippen LogP contribution in [0.25, 0.3) is 0 Å². The van der Waals surface area contributed by atoms with E-state index < -0.39 is 0 Å². The topological polar surface area (TPSA) is 68.1 Å². The fourth-order valence-corrected chi connectivity index (χ4v) is 5.58. The monoisotopic (exact) mass is 465 g/mol. The molecule has 1 aromatic carbocycles. The fourth-order valence-electron chi connectivity index (χ4n) is 4.17. The number of oxime groups is 1. The van der Waals surface area contributed by atoms with Gasteiger partial charge < -0.3 is 14.7 Å². The highest BCUT2D eigenvalue weighted by Crippen LogP contribution is 2.38. The molecule has 1 heterocycles. The predicted molar refractivity (Wildman–Crippen MR) is 127 cm³/mol. The Morgan fingerprint density at radius 1 is 1.29 bits per heavy atom. The van der Waals surface area contributed by atoms with Crippen molar-refractivity contribution in [3.05, 3.63) is 40.6 Å². The van der Waals surface area contributed by atoms with Crippen LogP contribution in [0.2, 0.25) is 5.02 Å². The van der Waals surface area contributed by atoms with Crippen LogP contribution in [-0.4, -0.2) is 40.8 Å². The zero-order valence-electron chi connectivity index (χ0n) is 18.3. The zero-order chi connectivity index (χ0) is 22.2. The second kappa shape index (κ2) is 11.8. The number of ketones is 1. The van der Waals surface area contributed by atoms with Crippen molar-refractivity contribution in [2.24, 2.45) is 17.0 Å². The number of carbonyl (C=O) groups excluding carboxylic acids is 1. The minimum atomic E-state index is -0.231. The highest BCUT2D eigenvalue weighted by Gasteiger charge is 2.35. The second-order valence-electron chi connectivity index (χ2n) is 8.36. The Labute approximate surface area is 194 Å². The summed E-state index contributed by atoms with van der Waals surface area (Å²) in [6.07, 6.45) is 4.56. The second-order valence-corrected chi connectivity index (χ2v) is 9.94. The van der Waals surface area contributed by atoms with Crippen LogP contribution in [-0.2, 0) is 9.63 Å². The van der Waals surface area contributed by atoms with Crippen molar-refractivity contribution < 1.29 is 19.5 Å². The van der Waals surface area contributed by atoms with Crippen LogP contribution in [0.3, 0.4) is 0 Å². The van der Waals surface area contributed by atoms with Gasteiger partial charge in [-0.1, -0.05) is 30.1 Å². The molecule has 1 aliphatic heterocycles. The molecule has 1 saturated heterocycles. The van der Waals surface area contributed by atoms with E-state index in [4.69, 9.17) is 21.2 Å². The van der Waals surface area contributed by atoms with E-state index in [9.17, 15) is 9.90 Å². The minimum Gasteiger partial charge on any atom is -0.511 e. The lowest BCUT2D eigenvalue weighted by atomic mass is 9.76. The Bertz CT molecular complexity index is 802. The molecule has 1 N–H and O–H groups in total. The molecule has 1 aliphatic carbocycles. The molecular weight excluding hydrogens is 434 g/mol. The van der Waals surface area contributed by atoms with Crippen molar-refractivity contribution in [3.63, 3.8) is 0 Å². The van der Waals surface area contributed by atoms with E-state index in [2.05, 4.69) is 5.16 Å². The van der Waals surface area contributed by atoms with E-state index in [0.29, 0.717) is 47.2 Å². The Balaban J connectivity index is 1.62. The molecule has 1 aromatic rings. The lowest BCUT2D eigenvalue weighted by Crippen LogP contribution is -2.31. The Morgan fingerprint density at radius 2 is 2.06 bits per heavy atom. The first kappa shape index (κ1) is 24.0. The van der Waals surface area contributed by atoms with E-state index in [1.54, 1.807) is 24.3 Å².